The quantitative estimate of drug-likeness (QED) is 0.801. The van der Waals surface area contributed by atoms with Gasteiger partial charge in [0, 0.05) is 24.3 Å². The Morgan fingerprint density at radius 1 is 1.19 bits per heavy atom. The molecule has 26 heavy (non-hydrogen) atoms. The minimum atomic E-state index is -0.137. The van der Waals surface area contributed by atoms with E-state index < -0.39 is 0 Å². The Kier molecular flexibility index (Phi) is 6.45. The molecule has 1 fully saturated rings. The first kappa shape index (κ1) is 18.6. The third kappa shape index (κ3) is 4.73. The third-order valence-corrected chi connectivity index (χ3v) is 5.81. The fourth-order valence-corrected chi connectivity index (χ4v) is 4.20. The van der Waals surface area contributed by atoms with Gasteiger partial charge >= 0.3 is 0 Å². The van der Waals surface area contributed by atoms with Crippen molar-refractivity contribution >= 4 is 28.8 Å². The smallest absolute Gasteiger partial charge is 0.265 e. The lowest BCUT2D eigenvalue weighted by atomic mass is 9.96. The number of likely N-dealkylation sites (tertiary alicyclic amines) is 1. The lowest BCUT2D eigenvalue weighted by molar-refractivity contribution is 0.0759. The van der Waals surface area contributed by atoms with Crippen molar-refractivity contribution in [2.75, 3.05) is 18.4 Å². The van der Waals surface area contributed by atoms with Gasteiger partial charge in [-0.1, -0.05) is 31.9 Å². The molecule has 5 heteroatoms. The van der Waals surface area contributed by atoms with E-state index in [1.54, 1.807) is 12.1 Å². The second-order valence-corrected chi connectivity index (χ2v) is 7.84. The molecule has 0 aliphatic carbocycles. The number of hydrogen-bond donors (Lipinski definition) is 1. The van der Waals surface area contributed by atoms with Crippen molar-refractivity contribution in [3.05, 3.63) is 52.2 Å². The van der Waals surface area contributed by atoms with Crippen LogP contribution >= 0.6 is 11.3 Å². The summed E-state index contributed by atoms with van der Waals surface area (Å²) in [5.41, 5.74) is 1.30. The first-order chi connectivity index (χ1) is 12.7. The molecule has 2 aromatic rings. The maximum atomic E-state index is 12.9. The van der Waals surface area contributed by atoms with Crippen LogP contribution < -0.4 is 5.32 Å². The van der Waals surface area contributed by atoms with Crippen LogP contribution in [-0.2, 0) is 0 Å². The van der Waals surface area contributed by atoms with E-state index in [1.165, 1.54) is 30.6 Å². The normalized spacial score (nSPS) is 17.6. The number of rotatable bonds is 5. The minimum Gasteiger partial charge on any atom is -0.339 e. The largest absolute Gasteiger partial charge is 0.339 e. The molecule has 0 saturated carbocycles. The highest BCUT2D eigenvalue weighted by molar-refractivity contribution is 7.12. The average molecular weight is 371 g/mol. The lowest BCUT2D eigenvalue weighted by Gasteiger charge is -2.21. The molecule has 1 saturated heterocycles. The van der Waals surface area contributed by atoms with Gasteiger partial charge < -0.3 is 10.2 Å². The van der Waals surface area contributed by atoms with Gasteiger partial charge in [0.25, 0.3) is 11.8 Å². The number of nitrogens with one attached hydrogen (secondary N) is 1. The highest BCUT2D eigenvalue weighted by Crippen LogP contribution is 2.23. The molecule has 2 amide bonds. The van der Waals surface area contributed by atoms with E-state index in [2.05, 4.69) is 12.2 Å². The summed E-state index contributed by atoms with van der Waals surface area (Å²) in [6.45, 7) is 3.88. The zero-order chi connectivity index (χ0) is 18.4. The molecule has 1 aliphatic heterocycles. The van der Waals surface area contributed by atoms with Crippen LogP contribution in [0.2, 0.25) is 0 Å². The van der Waals surface area contributed by atoms with E-state index in [0.717, 1.165) is 31.8 Å². The Bertz CT molecular complexity index is 742. The highest BCUT2D eigenvalue weighted by Gasteiger charge is 2.21. The third-order valence-electron chi connectivity index (χ3n) is 4.94. The van der Waals surface area contributed by atoms with Gasteiger partial charge in [-0.15, -0.1) is 11.3 Å². The molecule has 3 rings (SSSR count). The molecule has 1 aliphatic rings. The summed E-state index contributed by atoms with van der Waals surface area (Å²) >= 11 is 1.40. The van der Waals surface area contributed by atoms with Crippen LogP contribution in [0.3, 0.4) is 0 Å². The maximum Gasteiger partial charge on any atom is 0.265 e. The van der Waals surface area contributed by atoms with E-state index in [1.807, 2.05) is 34.5 Å². The lowest BCUT2D eigenvalue weighted by Crippen LogP contribution is -2.32. The van der Waals surface area contributed by atoms with Crippen molar-refractivity contribution in [1.29, 1.82) is 0 Å². The Labute approximate surface area is 159 Å². The Hall–Kier alpha value is -2.14. The molecule has 1 atom stereocenters. The number of amides is 2. The molecule has 1 unspecified atom stereocenters. The van der Waals surface area contributed by atoms with Gasteiger partial charge in [-0.25, -0.2) is 0 Å². The fraction of sp³-hybridized carbons (Fsp3) is 0.429. The molecular formula is C21H26N2O2S. The van der Waals surface area contributed by atoms with Crippen molar-refractivity contribution in [2.45, 2.75) is 39.0 Å². The fourth-order valence-electron chi connectivity index (χ4n) is 3.58. The summed E-state index contributed by atoms with van der Waals surface area (Å²) < 4.78 is 0. The number of carbonyl (C=O) groups excluding carboxylic acids is 2. The molecule has 138 valence electrons. The monoisotopic (exact) mass is 370 g/mol. The molecule has 0 bridgehead atoms. The van der Waals surface area contributed by atoms with Crippen molar-refractivity contribution in [1.82, 2.24) is 4.90 Å². The van der Waals surface area contributed by atoms with E-state index in [0.29, 0.717) is 16.1 Å². The van der Waals surface area contributed by atoms with E-state index in [-0.39, 0.29) is 11.8 Å². The summed E-state index contributed by atoms with van der Waals surface area (Å²) in [5, 5.41) is 4.75. The highest BCUT2D eigenvalue weighted by atomic mass is 32.1. The van der Waals surface area contributed by atoms with Gasteiger partial charge in [-0.2, -0.15) is 0 Å². The molecule has 2 heterocycles. The Balaban J connectivity index is 1.65. The number of hydrogen-bond acceptors (Lipinski definition) is 3. The van der Waals surface area contributed by atoms with Crippen molar-refractivity contribution < 1.29 is 9.59 Å². The standard InChI is InChI=1S/C21H26N2O2S/c1-2-6-16-7-4-12-23(13-11-16)21(25)17-8-3-9-18(15-17)22-20(24)19-10-5-14-26-19/h3,5,8-10,14-16H,2,4,6-7,11-13H2,1H3,(H,22,24). The molecule has 1 N–H and O–H groups in total. The Morgan fingerprint density at radius 3 is 2.85 bits per heavy atom. The molecular weight excluding hydrogens is 344 g/mol. The second-order valence-electron chi connectivity index (χ2n) is 6.89. The second kappa shape index (κ2) is 8.99. The minimum absolute atomic E-state index is 0.0642. The van der Waals surface area contributed by atoms with Crippen molar-refractivity contribution in [3.63, 3.8) is 0 Å². The van der Waals surface area contributed by atoms with Gasteiger partial charge in [0.05, 0.1) is 4.88 Å². The van der Waals surface area contributed by atoms with Crippen molar-refractivity contribution in [2.24, 2.45) is 5.92 Å². The van der Waals surface area contributed by atoms with Crippen LogP contribution in [0.25, 0.3) is 0 Å². The first-order valence-corrected chi connectivity index (χ1v) is 10.3. The topological polar surface area (TPSA) is 49.4 Å². The zero-order valence-electron chi connectivity index (χ0n) is 15.2. The van der Waals surface area contributed by atoms with E-state index >= 15 is 0 Å². The Morgan fingerprint density at radius 2 is 2.08 bits per heavy atom. The van der Waals surface area contributed by atoms with E-state index in [4.69, 9.17) is 0 Å². The van der Waals surface area contributed by atoms with Crippen LogP contribution in [0.4, 0.5) is 5.69 Å². The van der Waals surface area contributed by atoms with Crippen LogP contribution in [0, 0.1) is 5.92 Å². The predicted molar refractivity (Wildman–Crippen MR) is 107 cm³/mol. The predicted octanol–water partition coefficient (Wildman–Crippen LogP) is 5.04. The van der Waals surface area contributed by atoms with Gasteiger partial charge in [-0.05, 0) is 54.8 Å². The molecule has 1 aromatic carbocycles. The number of thiophene rings is 1. The van der Waals surface area contributed by atoms with Crippen LogP contribution in [0.15, 0.2) is 41.8 Å². The first-order valence-electron chi connectivity index (χ1n) is 9.41. The summed E-state index contributed by atoms with van der Waals surface area (Å²) in [6.07, 6.45) is 5.85. The molecule has 0 spiro atoms. The van der Waals surface area contributed by atoms with Gasteiger partial charge in [0.1, 0.15) is 0 Å². The van der Waals surface area contributed by atoms with Crippen molar-refractivity contribution in [3.8, 4) is 0 Å². The number of carbonyl (C=O) groups is 2. The molecule has 1 aromatic heterocycles. The number of benzene rings is 1. The maximum absolute atomic E-state index is 12.9. The summed E-state index contributed by atoms with van der Waals surface area (Å²) in [6, 6.07) is 10.9. The number of nitrogens with zero attached hydrogens (tertiary/aromatic N) is 1. The summed E-state index contributed by atoms with van der Waals surface area (Å²) in [4.78, 5) is 27.7. The van der Waals surface area contributed by atoms with Crippen LogP contribution in [-0.4, -0.2) is 29.8 Å². The van der Waals surface area contributed by atoms with E-state index in [9.17, 15) is 9.59 Å². The zero-order valence-corrected chi connectivity index (χ0v) is 16.1. The summed E-state index contributed by atoms with van der Waals surface area (Å²) in [5.74, 6) is 0.672. The van der Waals surface area contributed by atoms with Gasteiger partial charge in [0.2, 0.25) is 0 Å². The molecule has 4 nitrogen and oxygen atoms in total. The SMILES string of the molecule is CCCC1CCCN(C(=O)c2cccc(NC(=O)c3cccs3)c2)CC1. The van der Waals surface area contributed by atoms with Crippen LogP contribution in [0.5, 0.6) is 0 Å². The van der Waals surface area contributed by atoms with Crippen LogP contribution in [0.1, 0.15) is 59.1 Å². The average Bonchev–Trinajstić information content (AvgIpc) is 3.09. The summed E-state index contributed by atoms with van der Waals surface area (Å²) in [7, 11) is 0. The molecule has 0 radical (unpaired) electrons. The van der Waals surface area contributed by atoms with Gasteiger partial charge in [-0.3, -0.25) is 9.59 Å². The number of anilines is 1. The van der Waals surface area contributed by atoms with Gasteiger partial charge in [0.15, 0.2) is 0 Å².